The first-order valence-electron chi connectivity index (χ1n) is 6.49. The van der Waals surface area contributed by atoms with Gasteiger partial charge in [0.2, 0.25) is 0 Å². The molecule has 0 heterocycles. The van der Waals surface area contributed by atoms with Crippen molar-refractivity contribution in [3.8, 4) is 5.75 Å². The quantitative estimate of drug-likeness (QED) is 0.414. The van der Waals surface area contributed by atoms with Gasteiger partial charge in [0.25, 0.3) is 5.69 Å². The summed E-state index contributed by atoms with van der Waals surface area (Å²) in [7, 11) is 0. The molecule has 0 atom stereocenters. The molecule has 0 fully saturated rings. The molecule has 114 valence electrons. The number of esters is 1. The van der Waals surface area contributed by atoms with Crippen LogP contribution in [-0.4, -0.2) is 29.9 Å². The zero-order chi connectivity index (χ0) is 15.8. The molecule has 0 aliphatic rings. The number of benzene rings is 1. The molecule has 0 saturated carbocycles. The van der Waals surface area contributed by atoms with E-state index in [0.717, 1.165) is 0 Å². The molecular weight excluding hydrogens is 278 g/mol. The van der Waals surface area contributed by atoms with E-state index in [4.69, 9.17) is 9.47 Å². The Labute approximate surface area is 122 Å². The summed E-state index contributed by atoms with van der Waals surface area (Å²) in [4.78, 5) is 32.8. The van der Waals surface area contributed by atoms with Gasteiger partial charge in [0.1, 0.15) is 12.4 Å². The van der Waals surface area contributed by atoms with Crippen molar-refractivity contribution in [2.24, 2.45) is 0 Å². The van der Waals surface area contributed by atoms with Crippen molar-refractivity contribution >= 4 is 17.4 Å². The van der Waals surface area contributed by atoms with Gasteiger partial charge >= 0.3 is 5.97 Å². The number of nitrogens with zero attached hydrogens (tertiary/aromatic N) is 1. The van der Waals surface area contributed by atoms with Crippen LogP contribution in [0.15, 0.2) is 18.2 Å². The molecule has 0 spiro atoms. The number of ether oxygens (including phenoxy) is 2. The van der Waals surface area contributed by atoms with E-state index in [1.165, 1.54) is 18.2 Å². The zero-order valence-electron chi connectivity index (χ0n) is 12.0. The summed E-state index contributed by atoms with van der Waals surface area (Å²) in [5.74, 6) is -0.279. The van der Waals surface area contributed by atoms with Crippen molar-refractivity contribution < 1.29 is 24.0 Å². The van der Waals surface area contributed by atoms with Crippen LogP contribution in [0, 0.1) is 17.0 Å². The van der Waals surface area contributed by atoms with E-state index >= 15 is 0 Å². The fourth-order valence-corrected chi connectivity index (χ4v) is 1.63. The minimum Gasteiger partial charge on any atom is -0.486 e. The summed E-state index contributed by atoms with van der Waals surface area (Å²) in [6.45, 7) is 3.38. The molecule has 0 bridgehead atoms. The smallest absolute Gasteiger partial charge is 0.306 e. The Kier molecular flexibility index (Phi) is 6.32. The van der Waals surface area contributed by atoms with E-state index in [1.807, 2.05) is 0 Å². The Morgan fingerprint density at radius 2 is 2.00 bits per heavy atom. The molecule has 0 radical (unpaired) electrons. The monoisotopic (exact) mass is 295 g/mol. The zero-order valence-corrected chi connectivity index (χ0v) is 12.0. The maximum atomic E-state index is 11.5. The second-order valence-corrected chi connectivity index (χ2v) is 4.34. The minimum atomic E-state index is -0.483. The Morgan fingerprint density at radius 1 is 1.29 bits per heavy atom. The average molecular weight is 295 g/mol. The summed E-state index contributed by atoms with van der Waals surface area (Å²) < 4.78 is 9.96. The van der Waals surface area contributed by atoms with E-state index in [0.29, 0.717) is 11.3 Å². The number of nitro groups is 1. The highest BCUT2D eigenvalue weighted by Crippen LogP contribution is 2.23. The van der Waals surface area contributed by atoms with Gasteiger partial charge in [-0.15, -0.1) is 0 Å². The van der Waals surface area contributed by atoms with E-state index in [1.54, 1.807) is 13.8 Å². The van der Waals surface area contributed by atoms with Gasteiger partial charge in [0, 0.05) is 18.1 Å². The van der Waals surface area contributed by atoms with E-state index in [2.05, 4.69) is 0 Å². The van der Waals surface area contributed by atoms with Crippen molar-refractivity contribution in [3.63, 3.8) is 0 Å². The largest absolute Gasteiger partial charge is 0.486 e. The molecule has 0 unspecified atom stereocenters. The molecule has 0 amide bonds. The van der Waals surface area contributed by atoms with Crippen LogP contribution in [0.2, 0.25) is 0 Å². The van der Waals surface area contributed by atoms with Gasteiger partial charge < -0.3 is 9.47 Å². The Morgan fingerprint density at radius 3 is 2.57 bits per heavy atom. The van der Waals surface area contributed by atoms with Crippen LogP contribution < -0.4 is 4.74 Å². The lowest BCUT2D eigenvalue weighted by atomic mass is 10.2. The maximum absolute atomic E-state index is 11.5. The first-order chi connectivity index (χ1) is 9.93. The van der Waals surface area contributed by atoms with Crippen LogP contribution >= 0.6 is 0 Å². The Hall–Kier alpha value is -2.44. The summed E-state index contributed by atoms with van der Waals surface area (Å²) >= 11 is 0. The molecule has 1 aromatic rings. The first kappa shape index (κ1) is 16.6. The van der Waals surface area contributed by atoms with Crippen LogP contribution in [0.1, 0.15) is 25.3 Å². The van der Waals surface area contributed by atoms with Gasteiger partial charge in [-0.25, -0.2) is 0 Å². The number of hydrogen-bond donors (Lipinski definition) is 0. The number of ketones is 1. The van der Waals surface area contributed by atoms with Crippen molar-refractivity contribution in [3.05, 3.63) is 33.9 Å². The lowest BCUT2D eigenvalue weighted by Gasteiger charge is -2.06. The predicted octanol–water partition coefficient (Wildman–Crippen LogP) is 2.19. The van der Waals surface area contributed by atoms with Crippen LogP contribution in [0.25, 0.3) is 0 Å². The van der Waals surface area contributed by atoms with Crippen LogP contribution in [0.4, 0.5) is 5.69 Å². The fraction of sp³-hybridized carbons (Fsp3) is 0.429. The molecule has 0 aliphatic carbocycles. The number of nitro benzene ring substituents is 1. The molecule has 0 saturated heterocycles. The highest BCUT2D eigenvalue weighted by molar-refractivity contribution is 5.84. The standard InChI is InChI=1S/C14H17NO6/c1-3-20-14(17)7-4-11(16)9-21-12-5-6-13(15(18)19)10(2)8-12/h5-6,8H,3-4,7,9H2,1-2H3. The SMILES string of the molecule is CCOC(=O)CCC(=O)COc1ccc([N+](=O)[O-])c(C)c1. The van der Waals surface area contributed by atoms with Gasteiger partial charge in [-0.3, -0.25) is 19.7 Å². The number of hydrogen-bond acceptors (Lipinski definition) is 6. The second-order valence-electron chi connectivity index (χ2n) is 4.34. The van der Waals surface area contributed by atoms with Gasteiger partial charge in [-0.05, 0) is 26.0 Å². The first-order valence-corrected chi connectivity index (χ1v) is 6.49. The molecule has 1 rings (SSSR count). The van der Waals surface area contributed by atoms with Gasteiger partial charge in [-0.1, -0.05) is 0 Å². The summed E-state index contributed by atoms with van der Waals surface area (Å²) in [5.41, 5.74) is 0.451. The maximum Gasteiger partial charge on any atom is 0.306 e. The van der Waals surface area contributed by atoms with E-state index < -0.39 is 10.9 Å². The molecule has 7 nitrogen and oxygen atoms in total. The van der Waals surface area contributed by atoms with Crippen LogP contribution in [0.3, 0.4) is 0 Å². The molecule has 7 heteroatoms. The third-order valence-corrected chi connectivity index (χ3v) is 2.68. The number of Topliss-reactive ketones (excluding diaryl/α,β-unsaturated/α-hetero) is 1. The van der Waals surface area contributed by atoms with Gasteiger partial charge in [0.05, 0.1) is 18.0 Å². The van der Waals surface area contributed by atoms with Gasteiger partial charge in [-0.2, -0.15) is 0 Å². The highest BCUT2D eigenvalue weighted by atomic mass is 16.6. The van der Waals surface area contributed by atoms with Crippen molar-refractivity contribution in [2.75, 3.05) is 13.2 Å². The Balaban J connectivity index is 2.45. The van der Waals surface area contributed by atoms with Crippen molar-refractivity contribution in [2.45, 2.75) is 26.7 Å². The number of carbonyl (C=O) groups excluding carboxylic acids is 2. The van der Waals surface area contributed by atoms with Crippen molar-refractivity contribution in [1.82, 2.24) is 0 Å². The van der Waals surface area contributed by atoms with E-state index in [-0.39, 0.29) is 37.5 Å². The van der Waals surface area contributed by atoms with Crippen LogP contribution in [-0.2, 0) is 14.3 Å². The fourth-order valence-electron chi connectivity index (χ4n) is 1.63. The molecule has 0 aliphatic heterocycles. The second kappa shape index (κ2) is 7.98. The molecule has 21 heavy (non-hydrogen) atoms. The normalized spacial score (nSPS) is 10.0. The number of carbonyl (C=O) groups is 2. The third-order valence-electron chi connectivity index (χ3n) is 2.68. The molecule has 0 aromatic heterocycles. The summed E-state index contributed by atoms with van der Waals surface area (Å²) in [5, 5.41) is 10.7. The third kappa shape index (κ3) is 5.60. The summed E-state index contributed by atoms with van der Waals surface area (Å²) in [6.07, 6.45) is 0.0696. The van der Waals surface area contributed by atoms with Gasteiger partial charge in [0.15, 0.2) is 5.78 Å². The lowest BCUT2D eigenvalue weighted by molar-refractivity contribution is -0.385. The average Bonchev–Trinajstić information content (AvgIpc) is 2.43. The van der Waals surface area contributed by atoms with E-state index in [9.17, 15) is 19.7 Å². The van der Waals surface area contributed by atoms with Crippen molar-refractivity contribution in [1.29, 1.82) is 0 Å². The topological polar surface area (TPSA) is 95.7 Å². The number of rotatable bonds is 8. The number of aryl methyl sites for hydroxylation is 1. The minimum absolute atomic E-state index is 0.00372. The summed E-state index contributed by atoms with van der Waals surface area (Å²) in [6, 6.07) is 4.26. The lowest BCUT2D eigenvalue weighted by Crippen LogP contribution is -2.14. The molecule has 1 aromatic carbocycles. The molecule has 0 N–H and O–H groups in total. The highest BCUT2D eigenvalue weighted by Gasteiger charge is 2.12. The Bertz CT molecular complexity index is 540. The predicted molar refractivity (Wildman–Crippen MR) is 74.2 cm³/mol. The van der Waals surface area contributed by atoms with Crippen LogP contribution in [0.5, 0.6) is 5.75 Å². The molecular formula is C14H17NO6.